The summed E-state index contributed by atoms with van der Waals surface area (Å²) in [6, 6.07) is 2.21. The van der Waals surface area contributed by atoms with Crippen molar-refractivity contribution in [1.82, 2.24) is 15.5 Å². The largest absolute Gasteiger partial charge is 0.315 e. The van der Waals surface area contributed by atoms with Crippen molar-refractivity contribution in [2.24, 2.45) is 0 Å². The fraction of sp³-hybridized carbons (Fsp3) is 1.00. The predicted molar refractivity (Wildman–Crippen MR) is 64.1 cm³/mol. The second kappa shape index (κ2) is 5.28. The van der Waals surface area contributed by atoms with E-state index in [0.29, 0.717) is 6.04 Å². The molecule has 1 saturated carbocycles. The van der Waals surface area contributed by atoms with Crippen LogP contribution in [0.5, 0.6) is 0 Å². The van der Waals surface area contributed by atoms with Crippen LogP contribution in [0.2, 0.25) is 0 Å². The fourth-order valence-corrected chi connectivity index (χ4v) is 3.19. The van der Waals surface area contributed by atoms with Gasteiger partial charge in [0.15, 0.2) is 0 Å². The Bertz CT molecular complexity index is 195. The first-order valence-corrected chi connectivity index (χ1v) is 6.46. The van der Waals surface area contributed by atoms with Crippen molar-refractivity contribution in [3.63, 3.8) is 0 Å². The van der Waals surface area contributed by atoms with Gasteiger partial charge in [-0.05, 0) is 26.8 Å². The first kappa shape index (κ1) is 11.4. The van der Waals surface area contributed by atoms with Crippen molar-refractivity contribution < 1.29 is 0 Å². The number of nitrogens with zero attached hydrogens (tertiary/aromatic N) is 1. The molecule has 0 aromatic heterocycles. The molecule has 3 atom stereocenters. The molecular formula is C12H25N3. The van der Waals surface area contributed by atoms with Crippen molar-refractivity contribution in [3.8, 4) is 0 Å². The van der Waals surface area contributed by atoms with E-state index in [1.165, 1.54) is 32.2 Å². The summed E-state index contributed by atoms with van der Waals surface area (Å²) in [6.45, 7) is 5.90. The van der Waals surface area contributed by atoms with Crippen LogP contribution in [0.4, 0.5) is 0 Å². The van der Waals surface area contributed by atoms with Crippen LogP contribution in [-0.2, 0) is 0 Å². The molecule has 0 spiro atoms. The highest BCUT2D eigenvalue weighted by molar-refractivity contribution is 4.91. The Balaban J connectivity index is 1.99. The molecule has 3 heteroatoms. The molecule has 0 bridgehead atoms. The van der Waals surface area contributed by atoms with Gasteiger partial charge in [0, 0.05) is 37.8 Å². The van der Waals surface area contributed by atoms with E-state index < -0.39 is 0 Å². The summed E-state index contributed by atoms with van der Waals surface area (Å²) in [5.74, 6) is 0. The van der Waals surface area contributed by atoms with E-state index >= 15 is 0 Å². The molecule has 3 unspecified atom stereocenters. The van der Waals surface area contributed by atoms with Crippen LogP contribution < -0.4 is 10.6 Å². The van der Waals surface area contributed by atoms with Gasteiger partial charge in [-0.1, -0.05) is 12.8 Å². The van der Waals surface area contributed by atoms with Crippen LogP contribution in [0, 0.1) is 0 Å². The molecule has 2 fully saturated rings. The monoisotopic (exact) mass is 211 g/mol. The molecule has 15 heavy (non-hydrogen) atoms. The molecular weight excluding hydrogens is 186 g/mol. The lowest BCUT2D eigenvalue weighted by Gasteiger charge is -2.45. The quantitative estimate of drug-likeness (QED) is 0.708. The third-order valence-corrected chi connectivity index (χ3v) is 4.08. The van der Waals surface area contributed by atoms with Crippen molar-refractivity contribution >= 4 is 0 Å². The van der Waals surface area contributed by atoms with Gasteiger partial charge in [-0.15, -0.1) is 0 Å². The molecule has 2 N–H and O–H groups in total. The summed E-state index contributed by atoms with van der Waals surface area (Å²) in [5.41, 5.74) is 0. The average Bonchev–Trinajstić information content (AvgIpc) is 2.30. The van der Waals surface area contributed by atoms with Gasteiger partial charge in [-0.2, -0.15) is 0 Å². The summed E-state index contributed by atoms with van der Waals surface area (Å²) in [5, 5.41) is 6.98. The van der Waals surface area contributed by atoms with E-state index in [4.69, 9.17) is 0 Å². The molecule has 0 aromatic rings. The predicted octanol–water partition coefficient (Wildman–Crippen LogP) is 0.811. The minimum atomic E-state index is 0.706. The minimum absolute atomic E-state index is 0.706. The zero-order chi connectivity index (χ0) is 10.7. The summed E-state index contributed by atoms with van der Waals surface area (Å²) >= 11 is 0. The maximum absolute atomic E-state index is 3.51. The summed E-state index contributed by atoms with van der Waals surface area (Å²) < 4.78 is 0. The van der Waals surface area contributed by atoms with Gasteiger partial charge in [0.05, 0.1) is 0 Å². The number of rotatable bonds is 2. The van der Waals surface area contributed by atoms with Crippen LogP contribution in [0.3, 0.4) is 0 Å². The Labute approximate surface area is 93.6 Å². The van der Waals surface area contributed by atoms with Crippen LogP contribution >= 0.6 is 0 Å². The summed E-state index contributed by atoms with van der Waals surface area (Å²) in [6.07, 6.45) is 5.57. The molecule has 3 nitrogen and oxygen atoms in total. The first-order chi connectivity index (χ1) is 7.33. The molecule has 0 aromatic carbocycles. The van der Waals surface area contributed by atoms with E-state index in [1.807, 2.05) is 0 Å². The zero-order valence-corrected chi connectivity index (χ0v) is 10.1. The second-order valence-corrected chi connectivity index (χ2v) is 5.04. The molecule has 1 heterocycles. The minimum Gasteiger partial charge on any atom is -0.315 e. The highest BCUT2D eigenvalue weighted by Crippen LogP contribution is 2.25. The van der Waals surface area contributed by atoms with Crippen LogP contribution in [0.1, 0.15) is 32.6 Å². The normalized spacial score (nSPS) is 39.2. The Morgan fingerprint density at radius 1 is 1.27 bits per heavy atom. The first-order valence-electron chi connectivity index (χ1n) is 6.46. The third kappa shape index (κ3) is 2.52. The van der Waals surface area contributed by atoms with E-state index in [1.54, 1.807) is 0 Å². The molecule has 0 radical (unpaired) electrons. The lowest BCUT2D eigenvalue weighted by Crippen LogP contribution is -2.59. The van der Waals surface area contributed by atoms with E-state index in [9.17, 15) is 0 Å². The van der Waals surface area contributed by atoms with Crippen LogP contribution in [-0.4, -0.2) is 49.7 Å². The van der Waals surface area contributed by atoms with Gasteiger partial charge in [0.25, 0.3) is 0 Å². The molecule has 2 aliphatic rings. The average molecular weight is 211 g/mol. The van der Waals surface area contributed by atoms with E-state index in [0.717, 1.165) is 25.2 Å². The smallest absolute Gasteiger partial charge is 0.0253 e. The Morgan fingerprint density at radius 2 is 2.07 bits per heavy atom. The Kier molecular flexibility index (Phi) is 4.00. The number of hydrogen-bond donors (Lipinski definition) is 2. The Morgan fingerprint density at radius 3 is 2.80 bits per heavy atom. The highest BCUT2D eigenvalue weighted by Gasteiger charge is 2.32. The number of nitrogens with one attached hydrogen (secondary N) is 2. The number of hydrogen-bond acceptors (Lipinski definition) is 3. The van der Waals surface area contributed by atoms with Crippen molar-refractivity contribution in [2.75, 3.05) is 26.7 Å². The third-order valence-electron chi connectivity index (χ3n) is 4.08. The SMILES string of the molecule is CNC1CCCCC1N1CCNCC1C. The van der Waals surface area contributed by atoms with Crippen LogP contribution in [0.15, 0.2) is 0 Å². The van der Waals surface area contributed by atoms with Crippen LogP contribution in [0.25, 0.3) is 0 Å². The lowest BCUT2D eigenvalue weighted by atomic mass is 9.88. The fourth-order valence-electron chi connectivity index (χ4n) is 3.19. The van der Waals surface area contributed by atoms with E-state index in [-0.39, 0.29) is 0 Å². The van der Waals surface area contributed by atoms with Crippen molar-refractivity contribution in [1.29, 1.82) is 0 Å². The summed E-state index contributed by atoms with van der Waals surface area (Å²) in [7, 11) is 2.12. The Hall–Kier alpha value is -0.120. The van der Waals surface area contributed by atoms with Gasteiger partial charge < -0.3 is 10.6 Å². The number of likely N-dealkylation sites (N-methyl/N-ethyl adjacent to an activating group) is 1. The topological polar surface area (TPSA) is 27.3 Å². The van der Waals surface area contributed by atoms with Gasteiger partial charge in [0.2, 0.25) is 0 Å². The maximum atomic E-state index is 3.51. The zero-order valence-electron chi connectivity index (χ0n) is 10.1. The standard InChI is InChI=1S/C12H25N3/c1-10-9-14-7-8-15(10)12-6-4-3-5-11(12)13-2/h10-14H,3-9H2,1-2H3. The van der Waals surface area contributed by atoms with Crippen molar-refractivity contribution in [2.45, 2.75) is 50.7 Å². The van der Waals surface area contributed by atoms with Gasteiger partial charge in [0.1, 0.15) is 0 Å². The molecule has 0 amide bonds. The second-order valence-electron chi connectivity index (χ2n) is 5.04. The van der Waals surface area contributed by atoms with Gasteiger partial charge >= 0.3 is 0 Å². The molecule has 1 saturated heterocycles. The van der Waals surface area contributed by atoms with Gasteiger partial charge in [-0.3, -0.25) is 4.90 Å². The molecule has 88 valence electrons. The molecule has 1 aliphatic heterocycles. The maximum Gasteiger partial charge on any atom is 0.0253 e. The summed E-state index contributed by atoms with van der Waals surface area (Å²) in [4.78, 5) is 2.72. The molecule has 1 aliphatic carbocycles. The molecule has 2 rings (SSSR count). The lowest BCUT2D eigenvalue weighted by molar-refractivity contribution is 0.0703. The van der Waals surface area contributed by atoms with Gasteiger partial charge in [-0.25, -0.2) is 0 Å². The van der Waals surface area contributed by atoms with E-state index in [2.05, 4.69) is 29.5 Å². The van der Waals surface area contributed by atoms with Crippen molar-refractivity contribution in [3.05, 3.63) is 0 Å². The number of piperazine rings is 1. The highest BCUT2D eigenvalue weighted by atomic mass is 15.3.